The van der Waals surface area contributed by atoms with E-state index in [1.54, 1.807) is 0 Å². The van der Waals surface area contributed by atoms with E-state index in [-0.39, 0.29) is 31.2 Å². The van der Waals surface area contributed by atoms with Crippen molar-refractivity contribution in [3.05, 3.63) is 34.6 Å². The summed E-state index contributed by atoms with van der Waals surface area (Å²) >= 11 is 5.89. The zero-order valence-electron chi connectivity index (χ0n) is 8.49. The Balaban J connectivity index is 2.15. The number of aliphatic hydroxyl groups excluding tert-OH is 1. The monoisotopic (exact) mass is 243 g/mol. The van der Waals surface area contributed by atoms with Crippen molar-refractivity contribution in [2.24, 2.45) is 0 Å². The molecule has 5 heteroatoms. The fourth-order valence-electron chi connectivity index (χ4n) is 1.77. The molecule has 3 nitrogen and oxygen atoms in total. The van der Waals surface area contributed by atoms with Gasteiger partial charge in [-0.1, -0.05) is 11.6 Å². The molecule has 1 aromatic rings. The van der Waals surface area contributed by atoms with Crippen LogP contribution in [-0.4, -0.2) is 28.6 Å². The number of carbonyl (C=O) groups is 1. The van der Waals surface area contributed by atoms with E-state index in [2.05, 4.69) is 0 Å². The van der Waals surface area contributed by atoms with Gasteiger partial charge in [0, 0.05) is 18.1 Å². The highest BCUT2D eigenvalue weighted by Crippen LogP contribution is 2.21. The lowest BCUT2D eigenvalue weighted by atomic mass is 10.2. The Morgan fingerprint density at radius 1 is 1.56 bits per heavy atom. The summed E-state index contributed by atoms with van der Waals surface area (Å²) in [6.07, 6.45) is -0.493. The third-order valence-corrected chi connectivity index (χ3v) is 2.93. The van der Waals surface area contributed by atoms with Gasteiger partial charge >= 0.3 is 0 Å². The molecule has 1 aliphatic rings. The van der Waals surface area contributed by atoms with Crippen LogP contribution in [0.25, 0.3) is 0 Å². The molecule has 0 bridgehead atoms. The van der Waals surface area contributed by atoms with Gasteiger partial charge in [0.2, 0.25) is 5.91 Å². The van der Waals surface area contributed by atoms with Gasteiger partial charge in [0.1, 0.15) is 5.82 Å². The van der Waals surface area contributed by atoms with Crippen molar-refractivity contribution >= 4 is 17.5 Å². The Morgan fingerprint density at radius 2 is 2.31 bits per heavy atom. The first-order valence-electron chi connectivity index (χ1n) is 4.96. The Morgan fingerprint density at radius 3 is 2.94 bits per heavy atom. The smallest absolute Gasteiger partial charge is 0.225 e. The number of hydrogen-bond donors (Lipinski definition) is 1. The molecule has 0 radical (unpaired) electrons. The van der Waals surface area contributed by atoms with Crippen molar-refractivity contribution < 1.29 is 14.3 Å². The quantitative estimate of drug-likeness (QED) is 0.857. The molecule has 1 amide bonds. The molecule has 1 aromatic carbocycles. The predicted octanol–water partition coefficient (Wildman–Crippen LogP) is 1.57. The van der Waals surface area contributed by atoms with Gasteiger partial charge in [-0.15, -0.1) is 0 Å². The molecule has 0 spiro atoms. The summed E-state index contributed by atoms with van der Waals surface area (Å²) in [7, 11) is 0. The van der Waals surface area contributed by atoms with Gasteiger partial charge in [-0.05, 0) is 23.8 Å². The van der Waals surface area contributed by atoms with E-state index in [0.717, 1.165) is 0 Å². The zero-order valence-corrected chi connectivity index (χ0v) is 9.25. The number of likely N-dealkylation sites (tertiary alicyclic amines) is 1. The van der Waals surface area contributed by atoms with Crippen molar-refractivity contribution in [3.63, 3.8) is 0 Å². The summed E-state index contributed by atoms with van der Waals surface area (Å²) in [4.78, 5) is 12.9. The second-order valence-corrected chi connectivity index (χ2v) is 4.28. The normalized spacial score (nSPS) is 20.6. The summed E-state index contributed by atoms with van der Waals surface area (Å²) in [5.74, 6) is -0.514. The van der Waals surface area contributed by atoms with E-state index < -0.39 is 6.10 Å². The zero-order chi connectivity index (χ0) is 11.7. The third-order valence-electron chi connectivity index (χ3n) is 2.56. The summed E-state index contributed by atoms with van der Waals surface area (Å²) in [5, 5.41) is 9.73. The molecule has 1 aliphatic heterocycles. The van der Waals surface area contributed by atoms with Gasteiger partial charge in [0.25, 0.3) is 0 Å². The fraction of sp³-hybridized carbons (Fsp3) is 0.364. The average Bonchev–Trinajstić information content (AvgIpc) is 2.51. The highest BCUT2D eigenvalue weighted by molar-refractivity contribution is 6.31. The minimum absolute atomic E-state index is 0.132. The van der Waals surface area contributed by atoms with Crippen LogP contribution in [-0.2, 0) is 11.3 Å². The first-order chi connectivity index (χ1) is 7.56. The number of rotatable bonds is 2. The number of benzene rings is 1. The number of carbonyl (C=O) groups excluding carboxylic acids is 1. The minimum Gasteiger partial charge on any atom is -0.391 e. The van der Waals surface area contributed by atoms with E-state index in [9.17, 15) is 14.3 Å². The molecule has 0 aliphatic carbocycles. The molecule has 1 fully saturated rings. The first kappa shape index (κ1) is 11.4. The molecule has 0 aromatic heterocycles. The van der Waals surface area contributed by atoms with Crippen molar-refractivity contribution in [1.29, 1.82) is 0 Å². The van der Waals surface area contributed by atoms with E-state index in [1.807, 2.05) is 0 Å². The van der Waals surface area contributed by atoms with Crippen LogP contribution in [0.4, 0.5) is 4.39 Å². The van der Waals surface area contributed by atoms with Gasteiger partial charge in [0.05, 0.1) is 12.5 Å². The van der Waals surface area contributed by atoms with Crippen molar-refractivity contribution in [2.45, 2.75) is 19.1 Å². The molecular formula is C11H11ClFNO2. The first-order valence-corrected chi connectivity index (χ1v) is 5.34. The average molecular weight is 244 g/mol. The Labute approximate surface area is 97.4 Å². The van der Waals surface area contributed by atoms with Crippen LogP contribution < -0.4 is 0 Å². The van der Waals surface area contributed by atoms with Crippen molar-refractivity contribution in [2.75, 3.05) is 6.54 Å². The van der Waals surface area contributed by atoms with Crippen LogP contribution in [0.5, 0.6) is 0 Å². The minimum atomic E-state index is -0.625. The number of aliphatic hydroxyl groups is 1. The van der Waals surface area contributed by atoms with E-state index in [1.165, 1.54) is 23.1 Å². The largest absolute Gasteiger partial charge is 0.391 e. The van der Waals surface area contributed by atoms with Crippen LogP contribution in [0.1, 0.15) is 12.0 Å². The molecule has 86 valence electrons. The molecular weight excluding hydrogens is 233 g/mol. The predicted molar refractivity (Wildman–Crippen MR) is 57.5 cm³/mol. The van der Waals surface area contributed by atoms with Gasteiger partial charge in [-0.3, -0.25) is 4.79 Å². The van der Waals surface area contributed by atoms with E-state index in [0.29, 0.717) is 10.6 Å². The summed E-state index contributed by atoms with van der Waals surface area (Å²) < 4.78 is 13.0. The van der Waals surface area contributed by atoms with Gasteiger partial charge < -0.3 is 10.0 Å². The molecule has 0 saturated carbocycles. The topological polar surface area (TPSA) is 40.5 Å². The Hall–Kier alpha value is -1.13. The SMILES string of the molecule is O=C1CC(O)CN1Cc1cc(F)ccc1Cl. The highest BCUT2D eigenvalue weighted by atomic mass is 35.5. The molecule has 1 N–H and O–H groups in total. The van der Waals surface area contributed by atoms with Crippen LogP contribution in [0.15, 0.2) is 18.2 Å². The number of halogens is 2. The Bertz CT molecular complexity index is 424. The molecule has 1 heterocycles. The lowest BCUT2D eigenvalue weighted by Crippen LogP contribution is -2.25. The number of nitrogens with zero attached hydrogens (tertiary/aromatic N) is 1. The second-order valence-electron chi connectivity index (χ2n) is 3.87. The standard InChI is InChI=1S/C11H11ClFNO2/c12-10-2-1-8(13)3-7(10)5-14-6-9(15)4-11(14)16/h1-3,9,15H,4-6H2. The maximum absolute atomic E-state index is 13.0. The summed E-state index contributed by atoms with van der Waals surface area (Å²) in [5.41, 5.74) is 0.559. The molecule has 1 unspecified atom stereocenters. The maximum atomic E-state index is 13.0. The van der Waals surface area contributed by atoms with Gasteiger partial charge in [-0.2, -0.15) is 0 Å². The molecule has 1 saturated heterocycles. The van der Waals surface area contributed by atoms with Crippen molar-refractivity contribution in [1.82, 2.24) is 4.90 Å². The number of amides is 1. The van der Waals surface area contributed by atoms with Crippen molar-refractivity contribution in [3.8, 4) is 0 Å². The lowest BCUT2D eigenvalue weighted by molar-refractivity contribution is -0.128. The fourth-order valence-corrected chi connectivity index (χ4v) is 1.95. The van der Waals surface area contributed by atoms with E-state index in [4.69, 9.17) is 11.6 Å². The number of hydrogen-bond acceptors (Lipinski definition) is 2. The van der Waals surface area contributed by atoms with Crippen LogP contribution in [0, 0.1) is 5.82 Å². The lowest BCUT2D eigenvalue weighted by Gasteiger charge is -2.16. The second kappa shape index (κ2) is 4.39. The van der Waals surface area contributed by atoms with Gasteiger partial charge in [0.15, 0.2) is 0 Å². The van der Waals surface area contributed by atoms with Crippen LogP contribution >= 0.6 is 11.6 Å². The van der Waals surface area contributed by atoms with Gasteiger partial charge in [-0.25, -0.2) is 4.39 Å². The summed E-state index contributed by atoms with van der Waals surface area (Å²) in [6.45, 7) is 0.526. The number of β-amino-alcohol motifs (C(OH)–C–C–N with tert-alkyl or cyclic N) is 1. The van der Waals surface area contributed by atoms with Crippen LogP contribution in [0.2, 0.25) is 5.02 Å². The highest BCUT2D eigenvalue weighted by Gasteiger charge is 2.28. The molecule has 16 heavy (non-hydrogen) atoms. The Kier molecular flexibility index (Phi) is 3.12. The van der Waals surface area contributed by atoms with E-state index >= 15 is 0 Å². The molecule has 1 atom stereocenters. The summed E-state index contributed by atoms with van der Waals surface area (Å²) in [6, 6.07) is 4.04. The third kappa shape index (κ3) is 2.33. The maximum Gasteiger partial charge on any atom is 0.225 e. The van der Waals surface area contributed by atoms with Crippen LogP contribution in [0.3, 0.4) is 0 Å². The molecule has 2 rings (SSSR count).